The normalized spacial score (nSPS) is 38.5. The summed E-state index contributed by atoms with van der Waals surface area (Å²) in [5, 5.41) is 8.05. The van der Waals surface area contributed by atoms with Crippen molar-refractivity contribution in [1.82, 2.24) is 15.1 Å². The number of hydrogen-bond acceptors (Lipinski definition) is 2. The molecule has 4 aliphatic carbocycles. The van der Waals surface area contributed by atoms with Crippen molar-refractivity contribution < 1.29 is 4.79 Å². The summed E-state index contributed by atoms with van der Waals surface area (Å²) in [4.78, 5) is 12.5. The molecule has 4 nitrogen and oxygen atoms in total. The van der Waals surface area contributed by atoms with Gasteiger partial charge in [-0.2, -0.15) is 5.10 Å². The Morgan fingerprint density at radius 1 is 1.29 bits per heavy atom. The van der Waals surface area contributed by atoms with Crippen molar-refractivity contribution in [3.8, 4) is 0 Å². The van der Waals surface area contributed by atoms with Crippen molar-refractivity contribution in [3.05, 3.63) is 17.4 Å². The summed E-state index contributed by atoms with van der Waals surface area (Å²) in [6, 6.07) is 0.0912. The molecule has 0 aliphatic heterocycles. The molecule has 1 unspecified atom stereocenters. The molecule has 1 heterocycles. The molecule has 1 atom stereocenters. The van der Waals surface area contributed by atoms with Gasteiger partial charge in [0.05, 0.1) is 11.2 Å². The number of carbonyl (C=O) groups is 1. The molecule has 4 aliphatic rings. The number of nitrogens with one attached hydrogen (secondary N) is 1. The van der Waals surface area contributed by atoms with E-state index in [9.17, 15) is 4.79 Å². The van der Waals surface area contributed by atoms with Crippen LogP contribution in [-0.2, 0) is 4.79 Å². The number of rotatable bonds is 3. The molecular weight excluding hydrogens is 286 g/mol. The summed E-state index contributed by atoms with van der Waals surface area (Å²) >= 11 is 5.88. The largest absolute Gasteiger partial charge is 0.351 e. The molecule has 5 rings (SSSR count). The van der Waals surface area contributed by atoms with Crippen LogP contribution in [0.2, 0.25) is 5.02 Å². The van der Waals surface area contributed by atoms with Gasteiger partial charge < -0.3 is 5.32 Å². The van der Waals surface area contributed by atoms with Crippen LogP contribution in [0.1, 0.15) is 45.1 Å². The molecular formula is C16H22ClN3O. The van der Waals surface area contributed by atoms with Crippen LogP contribution in [0.15, 0.2) is 12.4 Å². The Bertz CT molecular complexity index is 527. The summed E-state index contributed by atoms with van der Waals surface area (Å²) in [6.07, 6.45) is 10.0. The van der Waals surface area contributed by atoms with E-state index < -0.39 is 0 Å². The van der Waals surface area contributed by atoms with Crippen molar-refractivity contribution in [2.75, 3.05) is 0 Å². The lowest BCUT2D eigenvalue weighted by Crippen LogP contribution is -2.56. The average molecular weight is 308 g/mol. The van der Waals surface area contributed by atoms with Crippen molar-refractivity contribution in [3.63, 3.8) is 0 Å². The molecule has 4 bridgehead atoms. The van der Waals surface area contributed by atoms with Gasteiger partial charge in [-0.25, -0.2) is 0 Å². The zero-order valence-electron chi connectivity index (χ0n) is 12.3. The quantitative estimate of drug-likeness (QED) is 0.933. The smallest absolute Gasteiger partial charge is 0.244 e. The fourth-order valence-corrected chi connectivity index (χ4v) is 5.24. The minimum absolute atomic E-state index is 0.0761. The molecule has 4 fully saturated rings. The van der Waals surface area contributed by atoms with Gasteiger partial charge in [0.25, 0.3) is 0 Å². The molecule has 0 spiro atoms. The van der Waals surface area contributed by atoms with Crippen molar-refractivity contribution >= 4 is 17.5 Å². The number of hydrogen-bond donors (Lipinski definition) is 1. The lowest BCUT2D eigenvalue weighted by molar-refractivity contribution is -0.128. The minimum Gasteiger partial charge on any atom is -0.351 e. The predicted molar refractivity (Wildman–Crippen MR) is 80.9 cm³/mol. The van der Waals surface area contributed by atoms with Crippen LogP contribution in [0.5, 0.6) is 0 Å². The van der Waals surface area contributed by atoms with E-state index in [1.807, 2.05) is 6.92 Å². The fourth-order valence-electron chi connectivity index (χ4n) is 5.09. The zero-order chi connectivity index (χ0) is 14.6. The molecule has 1 amide bonds. The molecule has 4 saturated carbocycles. The highest BCUT2D eigenvalue weighted by atomic mass is 35.5. The standard InChI is InChI=1S/C16H22ClN3O/c1-9(20-8-14(17)7-18-20)16(21)19-15-12-3-10-2-11(5-12)6-13(15)4-10/h7-13,15H,2-6H2,1H3,(H,19,21). The topological polar surface area (TPSA) is 46.9 Å². The Hall–Kier alpha value is -1.03. The van der Waals surface area contributed by atoms with Gasteiger partial charge in [0.2, 0.25) is 5.91 Å². The first-order valence-electron chi connectivity index (χ1n) is 8.10. The lowest BCUT2D eigenvalue weighted by atomic mass is 9.54. The summed E-state index contributed by atoms with van der Waals surface area (Å²) in [5.41, 5.74) is 0. The third kappa shape index (κ3) is 2.37. The molecule has 5 heteroatoms. The van der Waals surface area contributed by atoms with E-state index in [-0.39, 0.29) is 11.9 Å². The van der Waals surface area contributed by atoms with Crippen LogP contribution in [0.4, 0.5) is 0 Å². The van der Waals surface area contributed by atoms with E-state index in [1.54, 1.807) is 17.1 Å². The SMILES string of the molecule is CC(C(=O)NC1C2CC3CC(C2)CC1C3)n1cc(Cl)cn1. The second-order valence-corrected chi connectivity index (χ2v) is 7.72. The van der Waals surface area contributed by atoms with Crippen LogP contribution in [0, 0.1) is 23.7 Å². The molecule has 0 saturated heterocycles. The molecule has 114 valence electrons. The Balaban J connectivity index is 1.45. The van der Waals surface area contributed by atoms with Gasteiger partial charge in [-0.05, 0) is 62.7 Å². The Morgan fingerprint density at radius 2 is 1.90 bits per heavy atom. The van der Waals surface area contributed by atoms with E-state index in [4.69, 9.17) is 11.6 Å². The number of nitrogens with zero attached hydrogens (tertiary/aromatic N) is 2. The number of amides is 1. The number of aromatic nitrogens is 2. The number of halogens is 1. The van der Waals surface area contributed by atoms with E-state index >= 15 is 0 Å². The minimum atomic E-state index is -0.297. The highest BCUT2D eigenvalue weighted by Crippen LogP contribution is 2.53. The third-order valence-corrected chi connectivity index (χ3v) is 6.08. The fraction of sp³-hybridized carbons (Fsp3) is 0.750. The van der Waals surface area contributed by atoms with E-state index in [2.05, 4.69) is 10.4 Å². The van der Waals surface area contributed by atoms with Crippen molar-refractivity contribution in [1.29, 1.82) is 0 Å². The average Bonchev–Trinajstić information content (AvgIpc) is 2.87. The molecule has 21 heavy (non-hydrogen) atoms. The second-order valence-electron chi connectivity index (χ2n) is 7.28. The van der Waals surface area contributed by atoms with Gasteiger partial charge in [0, 0.05) is 12.2 Å². The van der Waals surface area contributed by atoms with Gasteiger partial charge in [-0.3, -0.25) is 9.48 Å². The molecule has 1 N–H and O–H groups in total. The highest BCUT2D eigenvalue weighted by Gasteiger charge is 2.48. The molecule has 0 radical (unpaired) electrons. The first-order valence-corrected chi connectivity index (χ1v) is 8.48. The van der Waals surface area contributed by atoms with Gasteiger partial charge in [0.1, 0.15) is 6.04 Å². The van der Waals surface area contributed by atoms with E-state index in [0.717, 1.165) is 11.8 Å². The Morgan fingerprint density at radius 3 is 2.43 bits per heavy atom. The number of carbonyl (C=O) groups excluding carboxylic acids is 1. The lowest BCUT2D eigenvalue weighted by Gasteiger charge is -2.54. The molecule has 1 aromatic rings. The Labute approximate surface area is 130 Å². The van der Waals surface area contributed by atoms with Crippen molar-refractivity contribution in [2.24, 2.45) is 23.7 Å². The van der Waals surface area contributed by atoms with Crippen molar-refractivity contribution in [2.45, 2.75) is 51.1 Å². The van der Waals surface area contributed by atoms with Crippen LogP contribution in [0.25, 0.3) is 0 Å². The summed E-state index contributed by atoms with van der Waals surface area (Å²) in [6.45, 7) is 1.88. The zero-order valence-corrected chi connectivity index (χ0v) is 13.1. The van der Waals surface area contributed by atoms with Crippen LogP contribution >= 0.6 is 11.6 Å². The summed E-state index contributed by atoms with van der Waals surface area (Å²) in [5.74, 6) is 3.36. The van der Waals surface area contributed by atoms with E-state index in [1.165, 1.54) is 32.1 Å². The van der Waals surface area contributed by atoms with Crippen LogP contribution in [0.3, 0.4) is 0 Å². The van der Waals surface area contributed by atoms with Gasteiger partial charge in [-0.15, -0.1) is 0 Å². The van der Waals surface area contributed by atoms with Crippen LogP contribution < -0.4 is 5.32 Å². The first-order chi connectivity index (χ1) is 10.1. The monoisotopic (exact) mass is 307 g/mol. The maximum absolute atomic E-state index is 12.5. The highest BCUT2D eigenvalue weighted by molar-refractivity contribution is 6.30. The predicted octanol–water partition coefficient (Wildman–Crippen LogP) is 3.04. The van der Waals surface area contributed by atoms with Gasteiger partial charge in [-0.1, -0.05) is 11.6 Å². The Kier molecular flexibility index (Phi) is 3.25. The van der Waals surface area contributed by atoms with Gasteiger partial charge >= 0.3 is 0 Å². The first kappa shape index (κ1) is 13.6. The third-order valence-electron chi connectivity index (χ3n) is 5.88. The molecule has 0 aromatic carbocycles. The summed E-state index contributed by atoms with van der Waals surface area (Å²) < 4.78 is 1.65. The van der Waals surface area contributed by atoms with E-state index in [0.29, 0.717) is 22.9 Å². The second kappa shape index (κ2) is 5.01. The molecule has 1 aromatic heterocycles. The maximum atomic E-state index is 12.5. The maximum Gasteiger partial charge on any atom is 0.244 e. The van der Waals surface area contributed by atoms with Gasteiger partial charge in [0.15, 0.2) is 0 Å². The summed E-state index contributed by atoms with van der Waals surface area (Å²) in [7, 11) is 0. The van der Waals surface area contributed by atoms with Crippen LogP contribution in [-0.4, -0.2) is 21.7 Å².